The maximum atomic E-state index is 12.0. The number of hydrogen-bond acceptors (Lipinski definition) is 2. The zero-order chi connectivity index (χ0) is 17.0. The molecule has 4 nitrogen and oxygen atoms in total. The molecule has 0 saturated heterocycles. The van der Waals surface area contributed by atoms with E-state index in [1.807, 2.05) is 38.1 Å². The van der Waals surface area contributed by atoms with Gasteiger partial charge in [0.05, 0.1) is 0 Å². The van der Waals surface area contributed by atoms with E-state index in [0.717, 1.165) is 11.1 Å². The van der Waals surface area contributed by atoms with Gasteiger partial charge in [-0.1, -0.05) is 32.0 Å². The Balaban J connectivity index is 1.99. The summed E-state index contributed by atoms with van der Waals surface area (Å²) >= 11 is 0. The minimum Gasteiger partial charge on any atom is -0.318 e. The molecule has 2 amide bonds. The molecule has 2 rings (SSSR count). The van der Waals surface area contributed by atoms with Crippen molar-refractivity contribution in [3.63, 3.8) is 0 Å². The number of carbonyl (C=O) groups excluding carboxylic acids is 2. The lowest BCUT2D eigenvalue weighted by Crippen LogP contribution is -2.29. The van der Waals surface area contributed by atoms with Gasteiger partial charge in [0.2, 0.25) is 0 Å². The standard InChI is InChI=1S/C19H22N2O2/c1-12(2)15-6-9-16(10-7-15)20-18(22)19(23)21-17-8-5-13(3)14(4)11-17/h5-12H,1-4H3,(H,20,22)(H,21,23). The summed E-state index contributed by atoms with van der Waals surface area (Å²) in [6.45, 7) is 8.16. The molecular weight excluding hydrogens is 288 g/mol. The summed E-state index contributed by atoms with van der Waals surface area (Å²) in [5, 5.41) is 5.21. The van der Waals surface area contributed by atoms with Crippen LogP contribution in [0.5, 0.6) is 0 Å². The van der Waals surface area contributed by atoms with E-state index in [9.17, 15) is 9.59 Å². The Hall–Kier alpha value is -2.62. The fourth-order valence-corrected chi connectivity index (χ4v) is 2.15. The van der Waals surface area contributed by atoms with Crippen LogP contribution >= 0.6 is 0 Å². The number of hydrogen-bond donors (Lipinski definition) is 2. The summed E-state index contributed by atoms with van der Waals surface area (Å²) in [4.78, 5) is 23.9. The van der Waals surface area contributed by atoms with Crippen molar-refractivity contribution in [3.8, 4) is 0 Å². The number of anilines is 2. The number of aryl methyl sites for hydroxylation is 2. The highest BCUT2D eigenvalue weighted by molar-refractivity contribution is 6.43. The molecule has 2 aromatic carbocycles. The van der Waals surface area contributed by atoms with E-state index < -0.39 is 11.8 Å². The van der Waals surface area contributed by atoms with Crippen molar-refractivity contribution in [3.05, 3.63) is 59.2 Å². The fraction of sp³-hybridized carbons (Fsp3) is 0.263. The molecule has 120 valence electrons. The molecule has 0 saturated carbocycles. The SMILES string of the molecule is Cc1ccc(NC(=O)C(=O)Nc2ccc(C(C)C)cc2)cc1C. The van der Waals surface area contributed by atoms with Gasteiger partial charge in [0.15, 0.2) is 0 Å². The molecule has 0 fully saturated rings. The molecule has 0 bridgehead atoms. The Bertz CT molecular complexity index is 719. The second-order valence-electron chi connectivity index (χ2n) is 5.98. The lowest BCUT2D eigenvalue weighted by atomic mass is 10.0. The van der Waals surface area contributed by atoms with E-state index in [-0.39, 0.29) is 0 Å². The van der Waals surface area contributed by atoms with E-state index in [4.69, 9.17) is 0 Å². The predicted octanol–water partition coefficient (Wildman–Crippen LogP) is 4.00. The maximum absolute atomic E-state index is 12.0. The van der Waals surface area contributed by atoms with Crippen molar-refractivity contribution >= 4 is 23.2 Å². The van der Waals surface area contributed by atoms with Gasteiger partial charge in [0, 0.05) is 11.4 Å². The maximum Gasteiger partial charge on any atom is 0.314 e. The van der Waals surface area contributed by atoms with Crippen molar-refractivity contribution in [2.75, 3.05) is 10.6 Å². The first-order valence-electron chi connectivity index (χ1n) is 7.66. The fourth-order valence-electron chi connectivity index (χ4n) is 2.15. The average molecular weight is 310 g/mol. The van der Waals surface area contributed by atoms with Crippen LogP contribution in [0, 0.1) is 13.8 Å². The van der Waals surface area contributed by atoms with Crippen molar-refractivity contribution in [1.29, 1.82) is 0 Å². The van der Waals surface area contributed by atoms with Crippen molar-refractivity contribution < 1.29 is 9.59 Å². The number of amides is 2. The Kier molecular flexibility index (Phi) is 5.16. The summed E-state index contributed by atoms with van der Waals surface area (Å²) < 4.78 is 0. The number of benzene rings is 2. The van der Waals surface area contributed by atoms with Gasteiger partial charge >= 0.3 is 11.8 Å². The van der Waals surface area contributed by atoms with E-state index in [2.05, 4.69) is 24.5 Å². The molecule has 0 radical (unpaired) electrons. The highest BCUT2D eigenvalue weighted by Crippen LogP contribution is 2.17. The third-order valence-electron chi connectivity index (χ3n) is 3.81. The molecule has 0 aliphatic heterocycles. The topological polar surface area (TPSA) is 58.2 Å². The van der Waals surface area contributed by atoms with Crippen LogP contribution in [0.2, 0.25) is 0 Å². The second kappa shape index (κ2) is 7.09. The molecule has 0 atom stereocenters. The van der Waals surface area contributed by atoms with E-state index >= 15 is 0 Å². The first-order valence-corrected chi connectivity index (χ1v) is 7.66. The number of rotatable bonds is 3. The Morgan fingerprint density at radius 1 is 0.783 bits per heavy atom. The molecule has 0 unspecified atom stereocenters. The molecule has 0 aliphatic rings. The molecule has 4 heteroatoms. The highest BCUT2D eigenvalue weighted by Gasteiger charge is 2.14. The van der Waals surface area contributed by atoms with Crippen LogP contribution in [-0.4, -0.2) is 11.8 Å². The van der Waals surface area contributed by atoms with Crippen LogP contribution in [0.3, 0.4) is 0 Å². The highest BCUT2D eigenvalue weighted by atomic mass is 16.2. The molecule has 0 aromatic heterocycles. The first kappa shape index (κ1) is 16.7. The molecule has 2 aromatic rings. The van der Waals surface area contributed by atoms with E-state index in [1.165, 1.54) is 5.56 Å². The first-order chi connectivity index (χ1) is 10.9. The van der Waals surface area contributed by atoms with Gasteiger partial charge in [0.1, 0.15) is 0 Å². The summed E-state index contributed by atoms with van der Waals surface area (Å²) in [5.74, 6) is -0.936. The monoisotopic (exact) mass is 310 g/mol. The van der Waals surface area contributed by atoms with Gasteiger partial charge in [-0.05, 0) is 60.7 Å². The largest absolute Gasteiger partial charge is 0.318 e. The van der Waals surface area contributed by atoms with E-state index in [0.29, 0.717) is 17.3 Å². The molecule has 2 N–H and O–H groups in total. The lowest BCUT2D eigenvalue weighted by Gasteiger charge is -2.09. The van der Waals surface area contributed by atoms with Crippen LogP contribution in [0.1, 0.15) is 36.5 Å². The minimum absolute atomic E-state index is 0.424. The van der Waals surface area contributed by atoms with Gasteiger partial charge in [-0.2, -0.15) is 0 Å². The summed E-state index contributed by atoms with van der Waals surface area (Å²) in [6.07, 6.45) is 0. The molecule has 23 heavy (non-hydrogen) atoms. The van der Waals surface area contributed by atoms with Crippen molar-refractivity contribution in [2.24, 2.45) is 0 Å². The van der Waals surface area contributed by atoms with Gasteiger partial charge in [-0.15, -0.1) is 0 Å². The normalized spacial score (nSPS) is 10.5. The van der Waals surface area contributed by atoms with E-state index in [1.54, 1.807) is 18.2 Å². The Labute approximate surface area is 136 Å². The van der Waals surface area contributed by atoms with Gasteiger partial charge in [0.25, 0.3) is 0 Å². The smallest absolute Gasteiger partial charge is 0.314 e. The molecule has 0 spiro atoms. The van der Waals surface area contributed by atoms with Crippen LogP contribution < -0.4 is 10.6 Å². The summed E-state index contributed by atoms with van der Waals surface area (Å²) in [5.41, 5.74) is 4.60. The van der Waals surface area contributed by atoms with Crippen LogP contribution in [0.25, 0.3) is 0 Å². The third-order valence-corrected chi connectivity index (χ3v) is 3.81. The van der Waals surface area contributed by atoms with Gasteiger partial charge in [-0.3, -0.25) is 9.59 Å². The zero-order valence-electron chi connectivity index (χ0n) is 13.9. The quantitative estimate of drug-likeness (QED) is 0.842. The molecule has 0 heterocycles. The van der Waals surface area contributed by atoms with Crippen LogP contribution in [0.15, 0.2) is 42.5 Å². The molecule has 0 aliphatic carbocycles. The Morgan fingerprint density at radius 2 is 1.30 bits per heavy atom. The minimum atomic E-state index is -0.680. The second-order valence-corrected chi connectivity index (χ2v) is 5.98. The zero-order valence-corrected chi connectivity index (χ0v) is 13.9. The van der Waals surface area contributed by atoms with Gasteiger partial charge in [-0.25, -0.2) is 0 Å². The Morgan fingerprint density at radius 3 is 1.83 bits per heavy atom. The van der Waals surface area contributed by atoms with Crippen molar-refractivity contribution in [2.45, 2.75) is 33.6 Å². The number of carbonyl (C=O) groups is 2. The third kappa shape index (κ3) is 4.42. The molecular formula is C19H22N2O2. The van der Waals surface area contributed by atoms with Crippen LogP contribution in [0.4, 0.5) is 11.4 Å². The predicted molar refractivity (Wildman–Crippen MR) is 93.7 cm³/mol. The van der Waals surface area contributed by atoms with Gasteiger partial charge < -0.3 is 10.6 Å². The number of nitrogens with one attached hydrogen (secondary N) is 2. The van der Waals surface area contributed by atoms with Crippen molar-refractivity contribution in [1.82, 2.24) is 0 Å². The summed E-state index contributed by atoms with van der Waals surface area (Å²) in [7, 11) is 0. The lowest BCUT2D eigenvalue weighted by molar-refractivity contribution is -0.132. The summed E-state index contributed by atoms with van der Waals surface area (Å²) in [6, 6.07) is 13.0. The van der Waals surface area contributed by atoms with Crippen LogP contribution in [-0.2, 0) is 9.59 Å². The average Bonchev–Trinajstić information content (AvgIpc) is 2.51.